The molecular weight excluding hydrogens is 292 g/mol. The summed E-state index contributed by atoms with van der Waals surface area (Å²) in [5.41, 5.74) is 5.69. The standard InChI is InChI=1S/C14H18N2O4S/c1-9(7-14(19)20)6-13(18)16-10-4-2-3-5-11(10)21-8-12(15)17/h2-5,9H,6-8H2,1H3,(H2,15,17)(H,16,18)(H,19,20). The molecule has 0 saturated heterocycles. The second-order valence-corrected chi connectivity index (χ2v) is 5.72. The molecule has 0 fully saturated rings. The Hall–Kier alpha value is -2.02. The molecule has 1 aromatic rings. The average Bonchev–Trinajstić information content (AvgIpc) is 2.36. The van der Waals surface area contributed by atoms with E-state index < -0.39 is 11.9 Å². The number of carbonyl (C=O) groups excluding carboxylic acids is 2. The largest absolute Gasteiger partial charge is 0.481 e. The van der Waals surface area contributed by atoms with Crippen molar-refractivity contribution in [1.82, 2.24) is 0 Å². The van der Waals surface area contributed by atoms with Crippen molar-refractivity contribution >= 4 is 35.2 Å². The van der Waals surface area contributed by atoms with Crippen molar-refractivity contribution in [3.05, 3.63) is 24.3 Å². The van der Waals surface area contributed by atoms with Crippen molar-refractivity contribution in [2.45, 2.75) is 24.7 Å². The highest BCUT2D eigenvalue weighted by Crippen LogP contribution is 2.27. The van der Waals surface area contributed by atoms with Crippen LogP contribution in [0.4, 0.5) is 5.69 Å². The molecule has 0 radical (unpaired) electrons. The first kappa shape index (κ1) is 17.0. The van der Waals surface area contributed by atoms with Crippen LogP contribution in [0.25, 0.3) is 0 Å². The third kappa shape index (κ3) is 6.80. The molecule has 1 rings (SSSR count). The Morgan fingerprint density at radius 2 is 1.95 bits per heavy atom. The predicted molar refractivity (Wildman–Crippen MR) is 81.0 cm³/mol. The minimum Gasteiger partial charge on any atom is -0.481 e. The molecule has 0 aromatic heterocycles. The Labute approximate surface area is 127 Å². The van der Waals surface area contributed by atoms with E-state index in [4.69, 9.17) is 10.8 Å². The van der Waals surface area contributed by atoms with Crippen LogP contribution in [0.1, 0.15) is 19.8 Å². The summed E-state index contributed by atoms with van der Waals surface area (Å²) in [4.78, 5) is 34.0. The number of primary amides is 1. The summed E-state index contributed by atoms with van der Waals surface area (Å²) in [6.07, 6.45) is 0.0760. The van der Waals surface area contributed by atoms with Gasteiger partial charge in [0.15, 0.2) is 0 Å². The van der Waals surface area contributed by atoms with Crippen LogP contribution >= 0.6 is 11.8 Å². The van der Waals surface area contributed by atoms with Gasteiger partial charge >= 0.3 is 5.97 Å². The van der Waals surface area contributed by atoms with Gasteiger partial charge in [-0.2, -0.15) is 0 Å². The van der Waals surface area contributed by atoms with E-state index in [1.54, 1.807) is 31.2 Å². The van der Waals surface area contributed by atoms with Gasteiger partial charge in [0, 0.05) is 17.7 Å². The van der Waals surface area contributed by atoms with Crippen molar-refractivity contribution in [3.8, 4) is 0 Å². The SMILES string of the molecule is CC(CC(=O)O)CC(=O)Nc1ccccc1SCC(N)=O. The molecule has 21 heavy (non-hydrogen) atoms. The van der Waals surface area contributed by atoms with Crippen LogP contribution in [-0.4, -0.2) is 28.6 Å². The van der Waals surface area contributed by atoms with Gasteiger partial charge < -0.3 is 16.2 Å². The molecule has 0 aliphatic heterocycles. The Morgan fingerprint density at radius 3 is 2.57 bits per heavy atom. The number of anilines is 1. The van der Waals surface area contributed by atoms with Crippen LogP contribution in [0.3, 0.4) is 0 Å². The zero-order chi connectivity index (χ0) is 15.8. The molecule has 6 nitrogen and oxygen atoms in total. The lowest BCUT2D eigenvalue weighted by atomic mass is 10.0. The van der Waals surface area contributed by atoms with E-state index in [0.29, 0.717) is 5.69 Å². The van der Waals surface area contributed by atoms with E-state index in [0.717, 1.165) is 4.90 Å². The number of aliphatic carboxylic acids is 1. The van der Waals surface area contributed by atoms with Gasteiger partial charge in [-0.05, 0) is 18.1 Å². The molecule has 1 atom stereocenters. The average molecular weight is 310 g/mol. The number of carboxylic acid groups (broad SMARTS) is 1. The second kappa shape index (κ2) is 8.31. The third-order valence-corrected chi connectivity index (χ3v) is 3.68. The quantitative estimate of drug-likeness (QED) is 0.633. The molecule has 0 bridgehead atoms. The van der Waals surface area contributed by atoms with Crippen LogP contribution in [0.5, 0.6) is 0 Å². The Kier molecular flexibility index (Phi) is 6.74. The fourth-order valence-corrected chi connectivity index (χ4v) is 2.48. The molecule has 2 amide bonds. The molecule has 1 aromatic carbocycles. The zero-order valence-corrected chi connectivity index (χ0v) is 12.5. The summed E-state index contributed by atoms with van der Waals surface area (Å²) in [5.74, 6) is -1.73. The fraction of sp³-hybridized carbons (Fsp3) is 0.357. The number of amides is 2. The van der Waals surface area contributed by atoms with Gasteiger partial charge in [0.2, 0.25) is 11.8 Å². The highest BCUT2D eigenvalue weighted by molar-refractivity contribution is 8.00. The van der Waals surface area contributed by atoms with Gasteiger partial charge in [0.1, 0.15) is 0 Å². The number of thioether (sulfide) groups is 1. The predicted octanol–water partition coefficient (Wildman–Crippen LogP) is 1.70. The first-order valence-electron chi connectivity index (χ1n) is 6.40. The molecule has 0 heterocycles. The molecule has 4 N–H and O–H groups in total. The monoisotopic (exact) mass is 310 g/mol. The molecule has 7 heteroatoms. The van der Waals surface area contributed by atoms with Gasteiger partial charge in [-0.1, -0.05) is 19.1 Å². The van der Waals surface area contributed by atoms with Crippen LogP contribution in [0.2, 0.25) is 0 Å². The number of carboxylic acids is 1. The summed E-state index contributed by atoms with van der Waals surface area (Å²) >= 11 is 1.24. The number of hydrogen-bond donors (Lipinski definition) is 3. The minimum atomic E-state index is -0.923. The van der Waals surface area contributed by atoms with E-state index in [1.165, 1.54) is 11.8 Å². The number of para-hydroxylation sites is 1. The first-order chi connectivity index (χ1) is 9.88. The number of benzene rings is 1. The molecular formula is C14H18N2O4S. The summed E-state index contributed by atoms with van der Waals surface area (Å²) in [6, 6.07) is 7.07. The van der Waals surface area contributed by atoms with Gasteiger partial charge in [-0.25, -0.2) is 0 Å². The van der Waals surface area contributed by atoms with Gasteiger partial charge in [-0.15, -0.1) is 11.8 Å². The van der Waals surface area contributed by atoms with E-state index in [9.17, 15) is 14.4 Å². The highest BCUT2D eigenvalue weighted by atomic mass is 32.2. The molecule has 0 aliphatic carbocycles. The maximum absolute atomic E-state index is 11.9. The number of nitrogens with one attached hydrogen (secondary N) is 1. The van der Waals surface area contributed by atoms with E-state index in [2.05, 4.69) is 5.32 Å². The lowest BCUT2D eigenvalue weighted by Crippen LogP contribution is -2.17. The van der Waals surface area contributed by atoms with E-state index in [1.807, 2.05) is 0 Å². The summed E-state index contributed by atoms with van der Waals surface area (Å²) in [6.45, 7) is 1.71. The smallest absolute Gasteiger partial charge is 0.303 e. The summed E-state index contributed by atoms with van der Waals surface area (Å²) in [7, 11) is 0. The minimum absolute atomic E-state index is 0.0501. The highest BCUT2D eigenvalue weighted by Gasteiger charge is 2.14. The van der Waals surface area contributed by atoms with Crippen molar-refractivity contribution in [2.75, 3.05) is 11.1 Å². The second-order valence-electron chi connectivity index (χ2n) is 4.71. The lowest BCUT2D eigenvalue weighted by molar-refractivity contribution is -0.138. The van der Waals surface area contributed by atoms with Crippen LogP contribution < -0.4 is 11.1 Å². The number of nitrogens with two attached hydrogens (primary N) is 1. The Balaban J connectivity index is 2.63. The van der Waals surface area contributed by atoms with Crippen molar-refractivity contribution in [3.63, 3.8) is 0 Å². The number of hydrogen-bond acceptors (Lipinski definition) is 4. The maximum atomic E-state index is 11.9. The van der Waals surface area contributed by atoms with Crippen LogP contribution in [0.15, 0.2) is 29.2 Å². The van der Waals surface area contributed by atoms with Gasteiger partial charge in [0.05, 0.1) is 11.4 Å². The third-order valence-electron chi connectivity index (χ3n) is 2.59. The van der Waals surface area contributed by atoms with Gasteiger partial charge in [-0.3, -0.25) is 14.4 Å². The topological polar surface area (TPSA) is 109 Å². The van der Waals surface area contributed by atoms with Crippen LogP contribution in [-0.2, 0) is 14.4 Å². The lowest BCUT2D eigenvalue weighted by Gasteiger charge is -2.12. The van der Waals surface area contributed by atoms with Crippen molar-refractivity contribution < 1.29 is 19.5 Å². The Bertz CT molecular complexity index is 533. The summed E-state index contributed by atoms with van der Waals surface area (Å²) in [5, 5.41) is 11.4. The molecule has 114 valence electrons. The molecule has 0 saturated carbocycles. The van der Waals surface area contributed by atoms with Crippen molar-refractivity contribution in [2.24, 2.45) is 11.7 Å². The zero-order valence-electron chi connectivity index (χ0n) is 11.7. The maximum Gasteiger partial charge on any atom is 0.303 e. The van der Waals surface area contributed by atoms with Crippen molar-refractivity contribution in [1.29, 1.82) is 0 Å². The normalized spacial score (nSPS) is 11.7. The Morgan fingerprint density at radius 1 is 1.29 bits per heavy atom. The van der Waals surface area contributed by atoms with E-state index in [-0.39, 0.29) is 30.4 Å². The summed E-state index contributed by atoms with van der Waals surface area (Å²) < 4.78 is 0. The molecule has 1 unspecified atom stereocenters. The fourth-order valence-electron chi connectivity index (χ4n) is 1.73. The number of carbonyl (C=O) groups is 3. The van der Waals surface area contributed by atoms with Gasteiger partial charge in [0.25, 0.3) is 0 Å². The van der Waals surface area contributed by atoms with E-state index >= 15 is 0 Å². The molecule has 0 spiro atoms. The molecule has 0 aliphatic rings. The number of rotatable bonds is 8. The van der Waals surface area contributed by atoms with Crippen LogP contribution in [0, 0.1) is 5.92 Å². The first-order valence-corrected chi connectivity index (χ1v) is 7.38.